The molecule has 0 N–H and O–H groups in total. The van der Waals surface area contributed by atoms with Gasteiger partial charge in [-0.15, -0.1) is 5.92 Å². The van der Waals surface area contributed by atoms with Gasteiger partial charge in [-0.1, -0.05) is 147 Å². The molecule has 6 aromatic carbocycles. The summed E-state index contributed by atoms with van der Waals surface area (Å²) in [5.74, 6) is 1.91. The number of hydrogen-bond acceptors (Lipinski definition) is 4. The molecular weight excluding hydrogens is 1430 g/mol. The van der Waals surface area contributed by atoms with Crippen LogP contribution in [0.5, 0.6) is 0 Å². The number of rotatable bonds is 14. The fourth-order valence-electron chi connectivity index (χ4n) is 10.4. The minimum atomic E-state index is -6.13. The minimum Gasteiger partial charge on any atom is -0.358 e. The SMILES string of the molecule is CC(=Nc1c(C(C)C)cccc1C(C)C)C(C)=Nc1c(C(C)C)cccc1C(C)C.FC(F)(F)c1cc([B-](c2cc(C(F)(F)F)cc(C(F)(F)F)c2)(c2cc(C(F)(F)F)cc(C(F)(F)F)c2)c2cc(C(F)(F)F)cc(C(F)(F)F)c2)cc(C(F)(F)F)c1.[CH2-]C(C)C(OC)OC.[Pd+2]. The maximum absolute atomic E-state index is 14.2. The van der Waals surface area contributed by atoms with Crippen molar-refractivity contribution in [2.75, 3.05) is 14.2 Å². The Morgan fingerprint density at radius 3 is 0.615 bits per heavy atom. The maximum atomic E-state index is 14.2. The second-order valence-electron chi connectivity index (χ2n) is 23.6. The second kappa shape index (κ2) is 31.2. The van der Waals surface area contributed by atoms with Gasteiger partial charge in [0.25, 0.3) is 0 Å². The molecule has 6 rings (SSSR count). The van der Waals surface area contributed by atoms with E-state index in [1.807, 2.05) is 6.92 Å². The van der Waals surface area contributed by atoms with Crippen LogP contribution in [0.3, 0.4) is 0 Å². The van der Waals surface area contributed by atoms with Crippen molar-refractivity contribution in [2.24, 2.45) is 15.9 Å². The molecule has 0 aromatic heterocycles. The van der Waals surface area contributed by atoms with E-state index in [4.69, 9.17) is 19.5 Å². The third-order valence-corrected chi connectivity index (χ3v) is 15.1. The van der Waals surface area contributed by atoms with Gasteiger partial charge in [0.05, 0.1) is 67.3 Å². The molecular formula is C66H65BF24N2O2Pd. The fourth-order valence-corrected chi connectivity index (χ4v) is 10.4. The smallest absolute Gasteiger partial charge is 0.358 e. The van der Waals surface area contributed by atoms with Crippen molar-refractivity contribution in [3.05, 3.63) is 183 Å². The summed E-state index contributed by atoms with van der Waals surface area (Å²) >= 11 is 0. The van der Waals surface area contributed by atoms with Crippen LogP contribution in [0.25, 0.3) is 0 Å². The molecule has 532 valence electrons. The van der Waals surface area contributed by atoms with Crippen molar-refractivity contribution in [3.63, 3.8) is 0 Å². The molecule has 0 amide bonds. The maximum Gasteiger partial charge on any atom is 2.00 e. The number of halogens is 24. The Kier molecular flexibility index (Phi) is 27.3. The van der Waals surface area contributed by atoms with Gasteiger partial charge in [0.1, 0.15) is 12.4 Å². The van der Waals surface area contributed by atoms with Crippen LogP contribution in [0, 0.1) is 12.8 Å². The van der Waals surface area contributed by atoms with E-state index in [1.54, 1.807) is 14.2 Å². The summed E-state index contributed by atoms with van der Waals surface area (Å²) in [6.07, 6.45) is -55.0. The largest absolute Gasteiger partial charge is 2.00 e. The van der Waals surface area contributed by atoms with Gasteiger partial charge in [0, 0.05) is 14.2 Å². The zero-order chi connectivity index (χ0) is 73.1. The van der Waals surface area contributed by atoms with Gasteiger partial charge >= 0.3 is 69.8 Å². The molecule has 1 atom stereocenters. The molecule has 0 saturated heterocycles. The van der Waals surface area contributed by atoms with Crippen LogP contribution in [-0.4, -0.2) is 38.1 Å². The number of benzene rings is 6. The van der Waals surface area contributed by atoms with Gasteiger partial charge < -0.3 is 16.4 Å². The number of aliphatic imine (C=N–C) groups is 2. The van der Waals surface area contributed by atoms with Crippen LogP contribution in [0.1, 0.15) is 167 Å². The number of methoxy groups -OCH3 is 2. The average molecular weight is 1490 g/mol. The molecule has 4 nitrogen and oxygen atoms in total. The first-order chi connectivity index (χ1) is 43.0. The van der Waals surface area contributed by atoms with E-state index in [0.717, 1.165) is 22.8 Å². The quantitative estimate of drug-likeness (QED) is 0.0359. The normalized spacial score (nSPS) is 13.9. The van der Waals surface area contributed by atoms with E-state index >= 15 is 0 Å². The molecule has 0 heterocycles. The van der Waals surface area contributed by atoms with Crippen molar-refractivity contribution in [1.82, 2.24) is 0 Å². The monoisotopic (exact) mass is 1490 g/mol. The molecule has 0 bridgehead atoms. The number of para-hydroxylation sites is 2. The predicted molar refractivity (Wildman–Crippen MR) is 317 cm³/mol. The third kappa shape index (κ3) is 20.8. The molecule has 0 fully saturated rings. The zero-order valence-corrected chi connectivity index (χ0v) is 54.8. The Balaban J connectivity index is 0.000000511. The standard InChI is InChI=1S/C32H12BF24.C28H40N2.C6H13O2.Pd/c34-25(35,36)13-1-14(26(37,38)39)6-21(5-13)33(22-7-15(27(40,41)42)2-16(8-22)28(43,44)45,23-9-17(29(46,47)48)3-18(10-23)30(49,50)51)24-11-19(31(52,53)54)4-20(12-24)32(55,56)57;1-17(2)23-13-11-14-24(18(3)4)27(23)29-21(9)22(10)30-28-25(19(5)6)15-12-16-26(28)20(7)8;1-5(2)6(7-3)8-4;/h1-12H;11-20H,1-10H3;5-6H,1H2,2-4H3;/q-1;;-1;+2. The van der Waals surface area contributed by atoms with Gasteiger partial charge in [0.15, 0.2) is 0 Å². The Labute approximate surface area is 552 Å². The first-order valence-electron chi connectivity index (χ1n) is 28.6. The third-order valence-electron chi connectivity index (χ3n) is 15.1. The van der Waals surface area contributed by atoms with Gasteiger partial charge in [-0.25, -0.2) is 0 Å². The molecule has 0 aliphatic carbocycles. The van der Waals surface area contributed by atoms with E-state index in [1.165, 1.54) is 22.3 Å². The Hall–Kier alpha value is -6.37. The molecule has 0 saturated carbocycles. The minimum absolute atomic E-state index is 0. The summed E-state index contributed by atoms with van der Waals surface area (Å²) < 4.78 is 351. The van der Waals surface area contributed by atoms with Crippen molar-refractivity contribution in [1.29, 1.82) is 0 Å². The van der Waals surface area contributed by atoms with E-state index in [9.17, 15) is 105 Å². The molecule has 0 spiro atoms. The van der Waals surface area contributed by atoms with E-state index < -0.39 is 195 Å². The van der Waals surface area contributed by atoms with Gasteiger partial charge in [0.2, 0.25) is 0 Å². The zero-order valence-electron chi connectivity index (χ0n) is 53.2. The van der Waals surface area contributed by atoms with Crippen molar-refractivity contribution < 1.29 is 135 Å². The van der Waals surface area contributed by atoms with Crippen LogP contribution in [0.15, 0.2) is 119 Å². The summed E-state index contributed by atoms with van der Waals surface area (Å²) in [4.78, 5) is 10.3. The molecule has 30 heteroatoms. The summed E-state index contributed by atoms with van der Waals surface area (Å²) in [5, 5.41) is 0. The van der Waals surface area contributed by atoms with Crippen molar-refractivity contribution in [3.8, 4) is 0 Å². The van der Waals surface area contributed by atoms with E-state index in [-0.39, 0.29) is 32.6 Å². The topological polar surface area (TPSA) is 43.2 Å². The number of hydrogen-bond donors (Lipinski definition) is 0. The van der Waals surface area contributed by atoms with E-state index in [2.05, 4.69) is 113 Å². The Morgan fingerprint density at radius 2 is 0.500 bits per heavy atom. The fraction of sp³-hybridized carbons (Fsp3) is 0.409. The molecule has 6 aromatic rings. The van der Waals surface area contributed by atoms with Crippen LogP contribution in [0.4, 0.5) is 117 Å². The number of ether oxygens (including phenoxy) is 2. The molecule has 0 aliphatic heterocycles. The summed E-state index contributed by atoms with van der Waals surface area (Å²) in [6, 6.07) is 4.34. The first-order valence-corrected chi connectivity index (χ1v) is 28.6. The second-order valence-corrected chi connectivity index (χ2v) is 23.6. The molecule has 0 aliphatic rings. The average Bonchev–Trinajstić information content (AvgIpc) is 0.708. The van der Waals surface area contributed by atoms with Crippen LogP contribution in [0.2, 0.25) is 0 Å². The Morgan fingerprint density at radius 1 is 0.333 bits per heavy atom. The van der Waals surface area contributed by atoms with Crippen LogP contribution >= 0.6 is 0 Å². The predicted octanol–water partition coefficient (Wildman–Crippen LogP) is 21.4. The Bertz CT molecular complexity index is 3110. The van der Waals surface area contributed by atoms with Crippen molar-refractivity contribution in [2.45, 2.75) is 156 Å². The summed E-state index contributed by atoms with van der Waals surface area (Å²) in [7, 11) is 3.21. The molecule has 1 unspecified atom stereocenters. The van der Waals surface area contributed by atoms with Crippen molar-refractivity contribution >= 4 is 50.8 Å². The van der Waals surface area contributed by atoms with Gasteiger partial charge in [-0.05, 0) is 84.0 Å². The molecule has 0 radical (unpaired) electrons. The van der Waals surface area contributed by atoms with Crippen LogP contribution in [-0.2, 0) is 79.3 Å². The number of nitrogens with zero attached hydrogens (tertiary/aromatic N) is 2. The van der Waals surface area contributed by atoms with Crippen LogP contribution < -0.4 is 21.9 Å². The van der Waals surface area contributed by atoms with Gasteiger partial charge in [-0.3, -0.25) is 9.98 Å². The first kappa shape index (κ1) is 83.9. The molecule has 96 heavy (non-hydrogen) atoms. The summed E-state index contributed by atoms with van der Waals surface area (Å²) in [6.45, 7) is 27.8. The summed E-state index contributed by atoms with van der Waals surface area (Å²) in [5.41, 5.74) is -20.8. The van der Waals surface area contributed by atoms with E-state index in [0.29, 0.717) is 23.7 Å². The number of alkyl halides is 24. The van der Waals surface area contributed by atoms with Gasteiger partial charge in [-0.2, -0.15) is 127 Å².